The Hall–Kier alpha value is -2.40. The summed E-state index contributed by atoms with van der Waals surface area (Å²) in [5.41, 5.74) is 2.38. The van der Waals surface area contributed by atoms with Gasteiger partial charge in [-0.05, 0) is 24.0 Å². The van der Waals surface area contributed by atoms with E-state index in [0.717, 1.165) is 16.7 Å². The molecule has 0 spiro atoms. The van der Waals surface area contributed by atoms with Gasteiger partial charge in [0.05, 0.1) is 11.5 Å². The molecule has 0 aromatic heterocycles. The molecule has 1 atom stereocenters. The van der Waals surface area contributed by atoms with Crippen molar-refractivity contribution >= 4 is 5.78 Å². The zero-order valence-corrected chi connectivity index (χ0v) is 11.2. The molecule has 1 aliphatic rings. The molecule has 20 heavy (non-hydrogen) atoms. The standard InChI is InChI=1S/C18H15NO/c19-12-6-11-18(15-8-2-1-3-9-15)13-14-7-4-5-10-16(14)17(18)20/h1-5,7-10H,6,11,13H2/t18-/m0/s1. The van der Waals surface area contributed by atoms with E-state index in [1.165, 1.54) is 0 Å². The quantitative estimate of drug-likeness (QED) is 0.845. The molecule has 3 rings (SSSR count). The fourth-order valence-electron chi connectivity index (χ4n) is 3.17. The first kappa shape index (κ1) is 12.6. The molecule has 2 aromatic rings. The van der Waals surface area contributed by atoms with E-state index in [-0.39, 0.29) is 5.78 Å². The summed E-state index contributed by atoms with van der Waals surface area (Å²) in [6.07, 6.45) is 1.68. The van der Waals surface area contributed by atoms with Crippen LogP contribution in [0.1, 0.15) is 34.3 Å². The Bertz CT molecular complexity index is 684. The van der Waals surface area contributed by atoms with Gasteiger partial charge in [-0.2, -0.15) is 5.26 Å². The van der Waals surface area contributed by atoms with Crippen molar-refractivity contribution in [2.75, 3.05) is 0 Å². The number of rotatable bonds is 3. The largest absolute Gasteiger partial charge is 0.293 e. The van der Waals surface area contributed by atoms with Crippen LogP contribution in [0.4, 0.5) is 0 Å². The van der Waals surface area contributed by atoms with Gasteiger partial charge < -0.3 is 0 Å². The fraction of sp³-hybridized carbons (Fsp3) is 0.222. The van der Waals surface area contributed by atoms with Crippen LogP contribution >= 0.6 is 0 Å². The third kappa shape index (κ3) is 1.83. The molecule has 2 aromatic carbocycles. The van der Waals surface area contributed by atoms with Crippen LogP contribution in [0, 0.1) is 11.3 Å². The second-order valence-electron chi connectivity index (χ2n) is 5.27. The highest BCUT2D eigenvalue weighted by molar-refractivity contribution is 6.08. The highest BCUT2D eigenvalue weighted by Gasteiger charge is 2.45. The summed E-state index contributed by atoms with van der Waals surface area (Å²) in [5, 5.41) is 8.93. The first-order valence-corrected chi connectivity index (χ1v) is 6.83. The number of hydrogen-bond acceptors (Lipinski definition) is 2. The van der Waals surface area contributed by atoms with Gasteiger partial charge in [-0.25, -0.2) is 0 Å². The summed E-state index contributed by atoms with van der Waals surface area (Å²) in [6, 6.07) is 19.8. The molecule has 0 amide bonds. The molecular weight excluding hydrogens is 246 g/mol. The number of ketones is 1. The number of benzene rings is 2. The van der Waals surface area contributed by atoms with Crippen molar-refractivity contribution in [1.29, 1.82) is 5.26 Å². The van der Waals surface area contributed by atoms with Gasteiger partial charge >= 0.3 is 0 Å². The minimum atomic E-state index is -0.555. The predicted octanol–water partition coefficient (Wildman–Crippen LogP) is 3.67. The van der Waals surface area contributed by atoms with Crippen molar-refractivity contribution < 1.29 is 4.79 Å². The topological polar surface area (TPSA) is 40.9 Å². The molecule has 0 N–H and O–H groups in total. The summed E-state index contributed by atoms with van der Waals surface area (Å²) in [4.78, 5) is 12.9. The minimum absolute atomic E-state index is 0.162. The Labute approximate surface area is 118 Å². The van der Waals surface area contributed by atoms with Crippen LogP contribution in [0.3, 0.4) is 0 Å². The van der Waals surface area contributed by atoms with Crippen molar-refractivity contribution in [2.45, 2.75) is 24.7 Å². The summed E-state index contributed by atoms with van der Waals surface area (Å²) in [7, 11) is 0. The van der Waals surface area contributed by atoms with Gasteiger partial charge in [-0.1, -0.05) is 54.6 Å². The molecule has 2 heteroatoms. The van der Waals surface area contributed by atoms with Gasteiger partial charge in [0.1, 0.15) is 0 Å². The highest BCUT2D eigenvalue weighted by atomic mass is 16.1. The molecule has 0 aliphatic heterocycles. The smallest absolute Gasteiger partial charge is 0.174 e. The number of carbonyl (C=O) groups excluding carboxylic acids is 1. The lowest BCUT2D eigenvalue weighted by Crippen LogP contribution is -2.33. The summed E-state index contributed by atoms with van der Waals surface area (Å²) >= 11 is 0. The van der Waals surface area contributed by atoms with Gasteiger partial charge in [0, 0.05) is 12.0 Å². The second kappa shape index (κ2) is 4.94. The van der Waals surface area contributed by atoms with Crippen LogP contribution < -0.4 is 0 Å². The first-order chi connectivity index (χ1) is 9.78. The van der Waals surface area contributed by atoms with E-state index >= 15 is 0 Å². The number of nitriles is 1. The Balaban J connectivity index is 2.11. The number of nitrogens with zero attached hydrogens (tertiary/aromatic N) is 1. The van der Waals surface area contributed by atoms with Crippen molar-refractivity contribution in [3.63, 3.8) is 0 Å². The molecule has 0 radical (unpaired) electrons. The highest BCUT2D eigenvalue weighted by Crippen LogP contribution is 2.42. The molecule has 0 fully saturated rings. The lowest BCUT2D eigenvalue weighted by Gasteiger charge is -2.27. The van der Waals surface area contributed by atoms with E-state index in [1.807, 2.05) is 54.6 Å². The minimum Gasteiger partial charge on any atom is -0.293 e. The predicted molar refractivity (Wildman–Crippen MR) is 77.4 cm³/mol. The van der Waals surface area contributed by atoms with Crippen LogP contribution in [-0.4, -0.2) is 5.78 Å². The van der Waals surface area contributed by atoms with E-state index in [1.54, 1.807) is 0 Å². The maximum atomic E-state index is 12.9. The van der Waals surface area contributed by atoms with E-state index in [9.17, 15) is 4.79 Å². The van der Waals surface area contributed by atoms with E-state index in [2.05, 4.69) is 6.07 Å². The van der Waals surface area contributed by atoms with E-state index in [4.69, 9.17) is 5.26 Å². The van der Waals surface area contributed by atoms with Crippen LogP contribution in [-0.2, 0) is 11.8 Å². The number of carbonyl (C=O) groups is 1. The van der Waals surface area contributed by atoms with Gasteiger partial charge in [0.15, 0.2) is 5.78 Å². The normalized spacial score (nSPS) is 20.4. The van der Waals surface area contributed by atoms with Gasteiger partial charge in [-0.3, -0.25) is 4.79 Å². The number of fused-ring (bicyclic) bond motifs is 1. The van der Waals surface area contributed by atoms with Crippen LogP contribution in [0.2, 0.25) is 0 Å². The molecule has 1 aliphatic carbocycles. The Kier molecular flexibility index (Phi) is 3.12. The summed E-state index contributed by atoms with van der Waals surface area (Å²) < 4.78 is 0. The lowest BCUT2D eigenvalue weighted by molar-refractivity contribution is 0.0895. The van der Waals surface area contributed by atoms with Crippen molar-refractivity contribution in [2.24, 2.45) is 0 Å². The molecule has 0 heterocycles. The first-order valence-electron chi connectivity index (χ1n) is 6.83. The molecule has 98 valence electrons. The van der Waals surface area contributed by atoms with Crippen LogP contribution in [0.15, 0.2) is 54.6 Å². The third-order valence-electron chi connectivity index (χ3n) is 4.18. The van der Waals surface area contributed by atoms with E-state index in [0.29, 0.717) is 19.3 Å². The number of Topliss-reactive ketones (excluding diaryl/α,β-unsaturated/α-hetero) is 1. The Morgan fingerprint density at radius 2 is 1.75 bits per heavy atom. The average molecular weight is 261 g/mol. The SMILES string of the molecule is N#CCC[C@@]1(c2ccccc2)Cc2ccccc2C1=O. The maximum absolute atomic E-state index is 12.9. The summed E-state index contributed by atoms with van der Waals surface area (Å²) in [5.74, 6) is 0.162. The lowest BCUT2D eigenvalue weighted by atomic mass is 9.73. The van der Waals surface area contributed by atoms with Crippen LogP contribution in [0.5, 0.6) is 0 Å². The summed E-state index contributed by atoms with van der Waals surface area (Å²) in [6.45, 7) is 0. The molecule has 0 unspecified atom stereocenters. The zero-order valence-electron chi connectivity index (χ0n) is 11.2. The molecule has 0 saturated carbocycles. The van der Waals surface area contributed by atoms with Crippen molar-refractivity contribution in [1.82, 2.24) is 0 Å². The Morgan fingerprint density at radius 1 is 1.05 bits per heavy atom. The zero-order chi connectivity index (χ0) is 14.0. The molecule has 0 bridgehead atoms. The molecule has 2 nitrogen and oxygen atoms in total. The third-order valence-corrected chi connectivity index (χ3v) is 4.18. The monoisotopic (exact) mass is 261 g/mol. The Morgan fingerprint density at radius 3 is 2.45 bits per heavy atom. The molecule has 0 saturated heterocycles. The average Bonchev–Trinajstić information content (AvgIpc) is 2.80. The molecular formula is C18H15NO. The fourth-order valence-corrected chi connectivity index (χ4v) is 3.17. The van der Waals surface area contributed by atoms with Crippen LogP contribution in [0.25, 0.3) is 0 Å². The van der Waals surface area contributed by atoms with Gasteiger partial charge in [-0.15, -0.1) is 0 Å². The van der Waals surface area contributed by atoms with Crippen molar-refractivity contribution in [3.8, 4) is 6.07 Å². The van der Waals surface area contributed by atoms with Gasteiger partial charge in [0.25, 0.3) is 0 Å². The van der Waals surface area contributed by atoms with Crippen molar-refractivity contribution in [3.05, 3.63) is 71.3 Å². The van der Waals surface area contributed by atoms with Gasteiger partial charge in [0.2, 0.25) is 0 Å². The van der Waals surface area contributed by atoms with E-state index < -0.39 is 5.41 Å². The second-order valence-corrected chi connectivity index (χ2v) is 5.27. The maximum Gasteiger partial charge on any atom is 0.174 e. The number of hydrogen-bond donors (Lipinski definition) is 0.